The standard InChI is InChI=1S/C13H16FNO/c1-2-3-9-16-13-10-12(14)7-6-11(13)5-4-8-15/h6-7,10H,2-3,8-9,15H2,1H3. The molecule has 2 N–H and O–H groups in total. The zero-order chi connectivity index (χ0) is 11.8. The molecule has 86 valence electrons. The molecule has 1 aromatic carbocycles. The Morgan fingerprint density at radius 2 is 2.25 bits per heavy atom. The van der Waals surface area contributed by atoms with Crippen LogP contribution in [-0.2, 0) is 0 Å². The van der Waals surface area contributed by atoms with Crippen molar-refractivity contribution in [3.05, 3.63) is 29.6 Å². The van der Waals surface area contributed by atoms with Crippen molar-refractivity contribution in [1.29, 1.82) is 0 Å². The van der Waals surface area contributed by atoms with Crippen LogP contribution in [0.25, 0.3) is 0 Å². The molecule has 0 saturated carbocycles. The van der Waals surface area contributed by atoms with Crippen molar-refractivity contribution in [3.63, 3.8) is 0 Å². The highest BCUT2D eigenvalue weighted by atomic mass is 19.1. The second-order valence-corrected chi connectivity index (χ2v) is 3.35. The molecule has 2 nitrogen and oxygen atoms in total. The van der Waals surface area contributed by atoms with E-state index in [9.17, 15) is 4.39 Å². The quantitative estimate of drug-likeness (QED) is 0.625. The third-order valence-electron chi connectivity index (χ3n) is 2.02. The Balaban J connectivity index is 2.81. The molecule has 0 unspecified atom stereocenters. The van der Waals surface area contributed by atoms with Crippen molar-refractivity contribution in [1.82, 2.24) is 0 Å². The molecular weight excluding hydrogens is 205 g/mol. The molecule has 16 heavy (non-hydrogen) atoms. The molecule has 0 aliphatic carbocycles. The van der Waals surface area contributed by atoms with E-state index in [-0.39, 0.29) is 12.4 Å². The Morgan fingerprint density at radius 3 is 2.94 bits per heavy atom. The summed E-state index contributed by atoms with van der Waals surface area (Å²) < 4.78 is 18.5. The SMILES string of the molecule is CCCCOc1cc(F)ccc1C#CCN. The predicted molar refractivity (Wildman–Crippen MR) is 62.7 cm³/mol. The summed E-state index contributed by atoms with van der Waals surface area (Å²) in [5.74, 6) is 5.77. The highest BCUT2D eigenvalue weighted by Gasteiger charge is 2.02. The largest absolute Gasteiger partial charge is 0.492 e. The van der Waals surface area contributed by atoms with Crippen LogP contribution in [0.15, 0.2) is 18.2 Å². The maximum Gasteiger partial charge on any atom is 0.137 e. The lowest BCUT2D eigenvalue weighted by molar-refractivity contribution is 0.307. The molecule has 3 heteroatoms. The lowest BCUT2D eigenvalue weighted by Crippen LogP contribution is -1.99. The van der Waals surface area contributed by atoms with Gasteiger partial charge in [-0.15, -0.1) is 0 Å². The van der Waals surface area contributed by atoms with Crippen molar-refractivity contribution >= 4 is 0 Å². The van der Waals surface area contributed by atoms with Crippen molar-refractivity contribution in [2.45, 2.75) is 19.8 Å². The maximum absolute atomic E-state index is 13.0. The summed E-state index contributed by atoms with van der Waals surface area (Å²) in [5.41, 5.74) is 5.97. The van der Waals surface area contributed by atoms with Gasteiger partial charge in [0.1, 0.15) is 11.6 Å². The zero-order valence-electron chi connectivity index (χ0n) is 9.42. The monoisotopic (exact) mass is 221 g/mol. The fourth-order valence-corrected chi connectivity index (χ4v) is 1.19. The number of halogens is 1. The van der Waals surface area contributed by atoms with Gasteiger partial charge in [-0.1, -0.05) is 25.2 Å². The Morgan fingerprint density at radius 1 is 1.44 bits per heavy atom. The molecule has 0 bridgehead atoms. The Bertz CT molecular complexity index is 393. The summed E-state index contributed by atoms with van der Waals surface area (Å²) in [4.78, 5) is 0. The van der Waals surface area contributed by atoms with E-state index in [0.717, 1.165) is 12.8 Å². The molecule has 1 rings (SSSR count). The Kier molecular flexibility index (Phi) is 5.38. The predicted octanol–water partition coefficient (Wildman–Crippen LogP) is 2.31. The first kappa shape index (κ1) is 12.5. The minimum atomic E-state index is -0.315. The van der Waals surface area contributed by atoms with Gasteiger partial charge in [0, 0.05) is 6.07 Å². The molecule has 0 aliphatic heterocycles. The molecule has 0 fully saturated rings. The van der Waals surface area contributed by atoms with Crippen molar-refractivity contribution in [2.24, 2.45) is 5.73 Å². The molecule has 0 amide bonds. The zero-order valence-corrected chi connectivity index (χ0v) is 9.42. The van der Waals surface area contributed by atoms with Crippen molar-refractivity contribution in [3.8, 4) is 17.6 Å². The first-order valence-corrected chi connectivity index (χ1v) is 5.39. The average Bonchev–Trinajstić information content (AvgIpc) is 2.28. The van der Waals surface area contributed by atoms with Crippen LogP contribution in [0.2, 0.25) is 0 Å². The number of unbranched alkanes of at least 4 members (excludes halogenated alkanes) is 1. The smallest absolute Gasteiger partial charge is 0.137 e. The third-order valence-corrected chi connectivity index (χ3v) is 2.02. The molecular formula is C13H16FNO. The van der Waals surface area contributed by atoms with Gasteiger partial charge < -0.3 is 10.5 Å². The highest BCUT2D eigenvalue weighted by molar-refractivity contribution is 5.46. The molecule has 1 aromatic rings. The summed E-state index contributed by atoms with van der Waals surface area (Å²) in [7, 11) is 0. The van der Waals surface area contributed by atoms with Gasteiger partial charge in [0.05, 0.1) is 18.7 Å². The van der Waals surface area contributed by atoms with Crippen LogP contribution in [0.5, 0.6) is 5.75 Å². The average molecular weight is 221 g/mol. The second-order valence-electron chi connectivity index (χ2n) is 3.35. The molecule has 0 heterocycles. The normalized spacial score (nSPS) is 9.44. The van der Waals surface area contributed by atoms with Crippen LogP contribution in [0.3, 0.4) is 0 Å². The number of rotatable bonds is 4. The van der Waals surface area contributed by atoms with Crippen LogP contribution >= 0.6 is 0 Å². The van der Waals surface area contributed by atoms with E-state index in [1.807, 2.05) is 0 Å². The van der Waals surface area contributed by atoms with Gasteiger partial charge in [0.15, 0.2) is 0 Å². The molecule has 0 atom stereocenters. The van der Waals surface area contributed by atoms with Gasteiger partial charge in [0.2, 0.25) is 0 Å². The summed E-state index contributed by atoms with van der Waals surface area (Å²) >= 11 is 0. The van der Waals surface area contributed by atoms with Gasteiger partial charge in [-0.25, -0.2) is 4.39 Å². The van der Waals surface area contributed by atoms with E-state index in [0.29, 0.717) is 17.9 Å². The van der Waals surface area contributed by atoms with Gasteiger partial charge >= 0.3 is 0 Å². The van der Waals surface area contributed by atoms with E-state index in [1.165, 1.54) is 12.1 Å². The van der Waals surface area contributed by atoms with E-state index in [2.05, 4.69) is 18.8 Å². The van der Waals surface area contributed by atoms with E-state index >= 15 is 0 Å². The van der Waals surface area contributed by atoms with Gasteiger partial charge in [-0.05, 0) is 18.6 Å². The Labute approximate surface area is 95.6 Å². The lowest BCUT2D eigenvalue weighted by atomic mass is 10.2. The minimum absolute atomic E-state index is 0.284. The summed E-state index contributed by atoms with van der Waals surface area (Å²) in [5, 5.41) is 0. The summed E-state index contributed by atoms with van der Waals surface area (Å²) in [6.45, 7) is 2.94. The number of benzene rings is 1. The molecule has 0 aliphatic rings. The van der Waals surface area contributed by atoms with Crippen molar-refractivity contribution in [2.75, 3.05) is 13.2 Å². The number of ether oxygens (including phenoxy) is 1. The van der Waals surface area contributed by atoms with Crippen LogP contribution in [0.4, 0.5) is 4.39 Å². The summed E-state index contributed by atoms with van der Waals surface area (Å²) in [6.07, 6.45) is 1.99. The van der Waals surface area contributed by atoms with Gasteiger partial charge in [-0.3, -0.25) is 0 Å². The van der Waals surface area contributed by atoms with E-state index in [4.69, 9.17) is 10.5 Å². The first-order chi connectivity index (χ1) is 7.77. The van der Waals surface area contributed by atoms with E-state index in [1.54, 1.807) is 6.07 Å². The van der Waals surface area contributed by atoms with Gasteiger partial charge in [0.25, 0.3) is 0 Å². The third kappa shape index (κ3) is 3.92. The fourth-order valence-electron chi connectivity index (χ4n) is 1.19. The molecule has 0 saturated heterocycles. The molecule has 0 radical (unpaired) electrons. The molecule has 0 aromatic heterocycles. The summed E-state index contributed by atoms with van der Waals surface area (Å²) in [6, 6.07) is 4.34. The second kappa shape index (κ2) is 6.86. The lowest BCUT2D eigenvalue weighted by Gasteiger charge is -2.07. The van der Waals surface area contributed by atoms with Crippen molar-refractivity contribution < 1.29 is 9.13 Å². The minimum Gasteiger partial charge on any atom is -0.492 e. The van der Waals surface area contributed by atoms with Crippen LogP contribution in [0, 0.1) is 17.7 Å². The Hall–Kier alpha value is -1.53. The van der Waals surface area contributed by atoms with Crippen LogP contribution in [-0.4, -0.2) is 13.2 Å². The van der Waals surface area contributed by atoms with Crippen LogP contribution < -0.4 is 10.5 Å². The number of hydrogen-bond acceptors (Lipinski definition) is 2. The van der Waals surface area contributed by atoms with Crippen LogP contribution in [0.1, 0.15) is 25.3 Å². The van der Waals surface area contributed by atoms with Gasteiger partial charge in [-0.2, -0.15) is 0 Å². The highest BCUT2D eigenvalue weighted by Crippen LogP contribution is 2.19. The number of hydrogen-bond donors (Lipinski definition) is 1. The topological polar surface area (TPSA) is 35.2 Å². The van der Waals surface area contributed by atoms with E-state index < -0.39 is 0 Å². The molecule has 0 spiro atoms. The maximum atomic E-state index is 13.0. The number of nitrogens with two attached hydrogens (primary N) is 1. The fraction of sp³-hybridized carbons (Fsp3) is 0.385. The first-order valence-electron chi connectivity index (χ1n) is 5.39.